The van der Waals surface area contributed by atoms with E-state index >= 15 is 0 Å². The predicted molar refractivity (Wildman–Crippen MR) is 243 cm³/mol. The maximum atomic E-state index is 2.48. The summed E-state index contributed by atoms with van der Waals surface area (Å²) in [5, 5.41) is 10.2. The zero-order chi connectivity index (χ0) is 38.2. The lowest BCUT2D eigenvalue weighted by Gasteiger charge is -2.22. The van der Waals surface area contributed by atoms with E-state index in [9.17, 15) is 0 Å². The fraction of sp³-hybridized carbons (Fsp3) is 0.0909. The molecule has 1 aliphatic rings. The summed E-state index contributed by atoms with van der Waals surface area (Å²) < 4.78 is 4.63. The van der Waals surface area contributed by atoms with Gasteiger partial charge in [-0.2, -0.15) is 0 Å². The van der Waals surface area contributed by atoms with Crippen molar-refractivity contribution >= 4 is 65.2 Å². The van der Waals surface area contributed by atoms with Crippen LogP contribution in [0.4, 0.5) is 0 Å². The van der Waals surface area contributed by atoms with Gasteiger partial charge in [0.15, 0.2) is 0 Å². The van der Waals surface area contributed by atoms with Crippen molar-refractivity contribution in [3.63, 3.8) is 0 Å². The van der Waals surface area contributed by atoms with Crippen molar-refractivity contribution in [2.45, 2.75) is 19.3 Å². The van der Waals surface area contributed by atoms with E-state index in [1.165, 1.54) is 121 Å². The van der Waals surface area contributed by atoms with Crippen molar-refractivity contribution in [1.82, 2.24) is 9.13 Å². The van der Waals surface area contributed by atoms with Crippen LogP contribution in [0.1, 0.15) is 25.0 Å². The number of fused-ring (bicyclic) bond motifs is 11. The van der Waals surface area contributed by atoms with Gasteiger partial charge in [0.2, 0.25) is 0 Å². The number of aryl methyl sites for hydroxylation is 2. The van der Waals surface area contributed by atoms with Gasteiger partial charge in [0.1, 0.15) is 0 Å². The van der Waals surface area contributed by atoms with E-state index in [-0.39, 0.29) is 5.41 Å². The maximum Gasteiger partial charge on any atom is 0.0489 e. The average Bonchev–Trinajstić information content (AvgIpc) is 3.80. The van der Waals surface area contributed by atoms with E-state index in [4.69, 9.17) is 0 Å². The van der Waals surface area contributed by atoms with Crippen LogP contribution in [0.2, 0.25) is 0 Å². The van der Waals surface area contributed by atoms with Crippen LogP contribution in [0.3, 0.4) is 0 Å². The van der Waals surface area contributed by atoms with E-state index in [0.717, 1.165) is 0 Å². The molecule has 0 atom stereocenters. The van der Waals surface area contributed by atoms with Crippen LogP contribution in [-0.4, -0.2) is 9.13 Å². The van der Waals surface area contributed by atoms with Crippen LogP contribution >= 0.6 is 0 Å². The number of hydrogen-bond acceptors (Lipinski definition) is 0. The Morgan fingerprint density at radius 3 is 1.37 bits per heavy atom. The molecule has 0 fully saturated rings. The van der Waals surface area contributed by atoms with Gasteiger partial charge in [-0.3, -0.25) is 0 Å². The van der Waals surface area contributed by atoms with Gasteiger partial charge in [0.05, 0.1) is 0 Å². The topological polar surface area (TPSA) is 9.86 Å². The van der Waals surface area contributed by atoms with Crippen LogP contribution in [0.5, 0.6) is 0 Å². The molecule has 1 aliphatic carbocycles. The summed E-state index contributed by atoms with van der Waals surface area (Å²) in [4.78, 5) is 0. The zero-order valence-corrected chi connectivity index (χ0v) is 32.6. The van der Waals surface area contributed by atoms with Crippen molar-refractivity contribution in [2.24, 2.45) is 14.1 Å². The van der Waals surface area contributed by atoms with E-state index < -0.39 is 0 Å². The molecule has 9 aromatic carbocycles. The highest BCUT2D eigenvalue weighted by atomic mass is 14.9. The number of aromatic nitrogens is 2. The Hall–Kier alpha value is -6.90. The third-order valence-electron chi connectivity index (χ3n) is 13.4. The van der Waals surface area contributed by atoms with E-state index in [2.05, 4.69) is 207 Å². The Morgan fingerprint density at radius 2 is 0.772 bits per heavy atom. The van der Waals surface area contributed by atoms with E-state index in [1.807, 2.05) is 0 Å². The molecule has 0 unspecified atom stereocenters. The lowest BCUT2D eigenvalue weighted by atomic mass is 9.81. The Kier molecular flexibility index (Phi) is 6.57. The molecule has 0 saturated carbocycles. The molecule has 0 radical (unpaired) electrons. The second-order valence-electron chi connectivity index (χ2n) is 16.6. The molecule has 0 aliphatic heterocycles. The molecule has 0 bridgehead atoms. The molecule has 2 nitrogen and oxygen atoms in total. The summed E-state index contributed by atoms with van der Waals surface area (Å²) in [6.07, 6.45) is 0. The summed E-state index contributed by atoms with van der Waals surface area (Å²) in [6, 6.07) is 64.1. The second-order valence-corrected chi connectivity index (χ2v) is 16.6. The second kappa shape index (κ2) is 11.6. The molecule has 0 spiro atoms. The van der Waals surface area contributed by atoms with Gasteiger partial charge >= 0.3 is 0 Å². The minimum Gasteiger partial charge on any atom is -0.344 e. The highest BCUT2D eigenvalue weighted by Gasteiger charge is 2.35. The smallest absolute Gasteiger partial charge is 0.0489 e. The normalized spacial score (nSPS) is 13.4. The molecule has 0 N–H and O–H groups in total. The largest absolute Gasteiger partial charge is 0.344 e. The zero-order valence-electron chi connectivity index (χ0n) is 32.6. The van der Waals surface area contributed by atoms with Gasteiger partial charge in [-0.15, -0.1) is 0 Å². The number of benzene rings is 9. The molecule has 2 heterocycles. The van der Waals surface area contributed by atoms with Crippen molar-refractivity contribution < 1.29 is 0 Å². The monoisotopic (exact) mass is 728 g/mol. The molecular formula is C55H40N2. The molecular weight excluding hydrogens is 689 g/mol. The highest BCUT2D eigenvalue weighted by molar-refractivity contribution is 6.20. The number of nitrogens with zero attached hydrogens (tertiary/aromatic N) is 2. The number of para-hydroxylation sites is 2. The standard InChI is InChI=1S/C55H40N2/c1-55(2)48-20-8-5-13-38(48)45-31-35(23-26-49(45)55)54-41-18-11-16-36(33-24-27-52-46(29-33)39-14-6-9-21-50(39)56(52)3)43(41)32-44-37(17-12-19-42(44)54)34-25-28-53-47(30-34)40-15-7-10-22-51(40)57(53)4/h5-32H,1-4H3. The first-order valence-electron chi connectivity index (χ1n) is 20.1. The summed E-state index contributed by atoms with van der Waals surface area (Å²) >= 11 is 0. The lowest BCUT2D eigenvalue weighted by molar-refractivity contribution is 0.660. The fourth-order valence-corrected chi connectivity index (χ4v) is 10.5. The van der Waals surface area contributed by atoms with Crippen molar-refractivity contribution in [3.8, 4) is 44.5 Å². The first-order chi connectivity index (χ1) is 27.9. The molecule has 57 heavy (non-hydrogen) atoms. The molecule has 0 amide bonds. The molecule has 12 rings (SSSR count). The van der Waals surface area contributed by atoms with Crippen LogP contribution in [0, 0.1) is 0 Å². The minimum absolute atomic E-state index is 0.0495. The van der Waals surface area contributed by atoms with Gasteiger partial charge in [-0.1, -0.05) is 135 Å². The Labute approximate surface area is 331 Å². The van der Waals surface area contributed by atoms with Crippen LogP contribution in [0.25, 0.3) is 110 Å². The van der Waals surface area contributed by atoms with Crippen molar-refractivity contribution in [3.05, 3.63) is 181 Å². The van der Waals surface area contributed by atoms with E-state index in [1.54, 1.807) is 0 Å². The van der Waals surface area contributed by atoms with Gasteiger partial charge in [-0.25, -0.2) is 0 Å². The SMILES string of the molecule is Cn1c2ccccc2c2cc(-c3cccc4c(-c5ccc6c(c5)-c5ccccc5C6(C)C)c5cccc(-c6ccc7c(c6)c6ccccc6n7C)c5cc34)ccc21. The lowest BCUT2D eigenvalue weighted by Crippen LogP contribution is -2.14. The van der Waals surface area contributed by atoms with Gasteiger partial charge < -0.3 is 9.13 Å². The Bertz CT molecular complexity index is 3340. The summed E-state index contributed by atoms with van der Waals surface area (Å²) in [5.74, 6) is 0. The molecule has 2 heteroatoms. The van der Waals surface area contributed by atoms with Gasteiger partial charge in [0, 0.05) is 63.1 Å². The summed E-state index contributed by atoms with van der Waals surface area (Å²) in [5.41, 5.74) is 17.9. The van der Waals surface area contributed by atoms with Crippen LogP contribution < -0.4 is 0 Å². The third-order valence-corrected chi connectivity index (χ3v) is 13.4. The van der Waals surface area contributed by atoms with Gasteiger partial charge in [-0.05, 0) is 126 Å². The average molecular weight is 729 g/mol. The van der Waals surface area contributed by atoms with Crippen molar-refractivity contribution in [1.29, 1.82) is 0 Å². The molecule has 11 aromatic rings. The van der Waals surface area contributed by atoms with Gasteiger partial charge in [0.25, 0.3) is 0 Å². The number of hydrogen-bond donors (Lipinski definition) is 0. The summed E-state index contributed by atoms with van der Waals surface area (Å²) in [7, 11) is 4.35. The Morgan fingerprint density at radius 1 is 0.316 bits per heavy atom. The van der Waals surface area contributed by atoms with E-state index in [0.29, 0.717) is 0 Å². The molecule has 0 saturated heterocycles. The van der Waals surface area contributed by atoms with Crippen LogP contribution in [0.15, 0.2) is 170 Å². The first kappa shape index (κ1) is 32.4. The quantitative estimate of drug-likeness (QED) is 0.160. The minimum atomic E-state index is -0.0495. The highest BCUT2D eigenvalue weighted by Crippen LogP contribution is 2.51. The maximum absolute atomic E-state index is 2.48. The predicted octanol–water partition coefficient (Wildman–Crippen LogP) is 14.6. The third kappa shape index (κ3) is 4.41. The molecule has 270 valence electrons. The summed E-state index contributed by atoms with van der Waals surface area (Å²) in [6.45, 7) is 4.73. The fourth-order valence-electron chi connectivity index (χ4n) is 10.5. The number of rotatable bonds is 3. The van der Waals surface area contributed by atoms with Crippen molar-refractivity contribution in [2.75, 3.05) is 0 Å². The van der Waals surface area contributed by atoms with Crippen LogP contribution in [-0.2, 0) is 19.5 Å². The Balaban J connectivity index is 1.17. The first-order valence-corrected chi connectivity index (χ1v) is 20.1. The molecule has 2 aromatic heterocycles.